The number of thiophene rings is 1. The number of amides is 2. The van der Waals surface area contributed by atoms with Gasteiger partial charge in [0.2, 0.25) is 17.7 Å². The second kappa shape index (κ2) is 7.05. The second-order valence-corrected chi connectivity index (χ2v) is 5.75. The lowest BCUT2D eigenvalue weighted by molar-refractivity contribution is -0.116. The van der Waals surface area contributed by atoms with Crippen molar-refractivity contribution in [1.29, 1.82) is 0 Å². The molecule has 3 N–H and O–H groups in total. The molecule has 3 aromatic rings. The van der Waals surface area contributed by atoms with Gasteiger partial charge in [-0.2, -0.15) is 11.3 Å². The third kappa shape index (κ3) is 3.66. The molecule has 0 spiro atoms. The van der Waals surface area contributed by atoms with E-state index in [2.05, 4.69) is 15.5 Å². The van der Waals surface area contributed by atoms with Gasteiger partial charge in [-0.25, -0.2) is 0 Å². The van der Waals surface area contributed by atoms with Crippen LogP contribution in [0.25, 0.3) is 11.5 Å². The van der Waals surface area contributed by atoms with E-state index in [0.29, 0.717) is 23.9 Å². The Bertz CT molecular complexity index is 858. The minimum Gasteiger partial charge on any atom is -0.421 e. The molecule has 7 nitrogen and oxygen atoms in total. The molecule has 0 bridgehead atoms. The smallest absolute Gasteiger partial charge is 0.250 e. The summed E-state index contributed by atoms with van der Waals surface area (Å²) in [5.41, 5.74) is 6.80. The topological polar surface area (TPSA) is 111 Å². The molecule has 122 valence electrons. The van der Waals surface area contributed by atoms with Gasteiger partial charge in [-0.15, -0.1) is 10.2 Å². The van der Waals surface area contributed by atoms with Gasteiger partial charge in [-0.3, -0.25) is 9.59 Å². The van der Waals surface area contributed by atoms with Crippen molar-refractivity contribution in [3.8, 4) is 11.5 Å². The number of carbonyl (C=O) groups excluding carboxylic acids is 2. The van der Waals surface area contributed by atoms with E-state index in [1.807, 2.05) is 16.8 Å². The van der Waals surface area contributed by atoms with Crippen molar-refractivity contribution in [2.24, 2.45) is 5.73 Å². The molecule has 0 unspecified atom stereocenters. The number of aryl methyl sites for hydroxylation is 1. The molecular weight excluding hydrogens is 328 g/mol. The van der Waals surface area contributed by atoms with Gasteiger partial charge in [-0.05, 0) is 23.6 Å². The van der Waals surface area contributed by atoms with Gasteiger partial charge in [0.15, 0.2) is 0 Å². The molecule has 0 fully saturated rings. The van der Waals surface area contributed by atoms with Crippen molar-refractivity contribution < 1.29 is 14.0 Å². The van der Waals surface area contributed by atoms with Crippen LogP contribution in [0, 0.1) is 0 Å². The Morgan fingerprint density at radius 1 is 1.21 bits per heavy atom. The number of aromatic nitrogens is 2. The minimum atomic E-state index is -0.594. The van der Waals surface area contributed by atoms with Crippen molar-refractivity contribution >= 4 is 28.8 Å². The fourth-order valence-electron chi connectivity index (χ4n) is 2.10. The number of primary amides is 1. The highest BCUT2D eigenvalue weighted by Gasteiger charge is 2.13. The summed E-state index contributed by atoms with van der Waals surface area (Å²) >= 11 is 1.54. The van der Waals surface area contributed by atoms with Crippen LogP contribution in [-0.4, -0.2) is 22.0 Å². The van der Waals surface area contributed by atoms with E-state index >= 15 is 0 Å². The third-order valence-electron chi connectivity index (χ3n) is 3.27. The maximum absolute atomic E-state index is 12.0. The Hall–Kier alpha value is -3.00. The molecule has 2 aromatic heterocycles. The number of anilines is 1. The van der Waals surface area contributed by atoms with Gasteiger partial charge in [0.1, 0.15) is 0 Å². The monoisotopic (exact) mass is 342 g/mol. The molecular formula is C16H14N4O3S. The van der Waals surface area contributed by atoms with Crippen molar-refractivity contribution in [3.63, 3.8) is 0 Å². The van der Waals surface area contributed by atoms with E-state index in [0.717, 1.165) is 5.56 Å². The van der Waals surface area contributed by atoms with Crippen LogP contribution < -0.4 is 11.1 Å². The summed E-state index contributed by atoms with van der Waals surface area (Å²) < 4.78 is 5.52. The first-order valence-corrected chi connectivity index (χ1v) is 8.11. The van der Waals surface area contributed by atoms with Crippen LogP contribution in [0.1, 0.15) is 22.7 Å². The van der Waals surface area contributed by atoms with Crippen LogP contribution in [0.4, 0.5) is 5.69 Å². The number of rotatable bonds is 6. The molecule has 1 aromatic carbocycles. The van der Waals surface area contributed by atoms with E-state index in [1.165, 1.54) is 11.3 Å². The molecule has 0 saturated heterocycles. The first kappa shape index (κ1) is 15.9. The summed E-state index contributed by atoms with van der Waals surface area (Å²) in [7, 11) is 0. The van der Waals surface area contributed by atoms with Crippen LogP contribution in [-0.2, 0) is 11.2 Å². The Kier molecular flexibility index (Phi) is 4.66. The Labute approximate surface area is 141 Å². The van der Waals surface area contributed by atoms with Gasteiger partial charge in [0.05, 0.1) is 11.3 Å². The average Bonchev–Trinajstić information content (AvgIpc) is 3.24. The Balaban J connectivity index is 1.59. The number of carbonyl (C=O) groups is 2. The van der Waals surface area contributed by atoms with E-state index in [4.69, 9.17) is 10.2 Å². The maximum Gasteiger partial charge on any atom is 0.250 e. The largest absolute Gasteiger partial charge is 0.421 e. The quantitative estimate of drug-likeness (QED) is 0.715. The lowest BCUT2D eigenvalue weighted by atomic mass is 10.1. The molecule has 0 saturated carbocycles. The molecule has 0 aliphatic heterocycles. The predicted molar refractivity (Wildman–Crippen MR) is 89.5 cm³/mol. The summed E-state index contributed by atoms with van der Waals surface area (Å²) in [5.74, 6) is -0.0394. The number of hydrogen-bond acceptors (Lipinski definition) is 6. The van der Waals surface area contributed by atoms with Gasteiger partial charge in [-0.1, -0.05) is 12.1 Å². The third-order valence-corrected chi connectivity index (χ3v) is 3.95. The SMILES string of the molecule is NC(=O)c1ccccc1NC(=O)CCc1nnc(-c2ccsc2)o1. The van der Waals surface area contributed by atoms with Crippen LogP contribution in [0.2, 0.25) is 0 Å². The molecule has 8 heteroatoms. The van der Waals surface area contributed by atoms with Crippen molar-refractivity contribution in [3.05, 3.63) is 52.5 Å². The van der Waals surface area contributed by atoms with E-state index in [9.17, 15) is 9.59 Å². The molecule has 0 aliphatic carbocycles. The van der Waals surface area contributed by atoms with Crippen molar-refractivity contribution in [1.82, 2.24) is 10.2 Å². The summed E-state index contributed by atoms with van der Waals surface area (Å²) in [6.07, 6.45) is 0.458. The zero-order chi connectivity index (χ0) is 16.9. The molecule has 3 rings (SSSR count). The normalized spacial score (nSPS) is 10.5. The number of para-hydroxylation sites is 1. The highest BCUT2D eigenvalue weighted by atomic mass is 32.1. The number of hydrogen-bond donors (Lipinski definition) is 2. The van der Waals surface area contributed by atoms with Crippen LogP contribution >= 0.6 is 11.3 Å². The molecule has 24 heavy (non-hydrogen) atoms. The Morgan fingerprint density at radius 3 is 2.79 bits per heavy atom. The van der Waals surface area contributed by atoms with E-state index < -0.39 is 5.91 Å². The molecule has 0 aliphatic rings. The van der Waals surface area contributed by atoms with Crippen LogP contribution in [0.15, 0.2) is 45.5 Å². The number of nitrogens with two attached hydrogens (primary N) is 1. The zero-order valence-electron chi connectivity index (χ0n) is 12.6. The van der Waals surface area contributed by atoms with Gasteiger partial charge in [0.25, 0.3) is 5.91 Å². The average molecular weight is 342 g/mol. The lowest BCUT2D eigenvalue weighted by Crippen LogP contribution is -2.18. The van der Waals surface area contributed by atoms with E-state index in [1.54, 1.807) is 24.3 Å². The molecule has 0 radical (unpaired) electrons. The summed E-state index contributed by atoms with van der Waals surface area (Å²) in [6.45, 7) is 0. The van der Waals surface area contributed by atoms with Crippen molar-refractivity contribution in [2.75, 3.05) is 5.32 Å². The summed E-state index contributed by atoms with van der Waals surface area (Å²) in [6, 6.07) is 8.46. The van der Waals surface area contributed by atoms with Crippen LogP contribution in [0.3, 0.4) is 0 Å². The standard InChI is InChI=1S/C16H14N4O3S/c17-15(22)11-3-1-2-4-12(11)18-13(21)5-6-14-19-20-16(23-14)10-7-8-24-9-10/h1-4,7-9H,5-6H2,(H2,17,22)(H,18,21). The first-order chi connectivity index (χ1) is 11.6. The number of benzene rings is 1. The van der Waals surface area contributed by atoms with Gasteiger partial charge < -0.3 is 15.5 Å². The fraction of sp³-hybridized carbons (Fsp3) is 0.125. The highest BCUT2D eigenvalue weighted by molar-refractivity contribution is 7.08. The van der Waals surface area contributed by atoms with Gasteiger partial charge >= 0.3 is 0 Å². The Morgan fingerprint density at radius 2 is 2.04 bits per heavy atom. The fourth-order valence-corrected chi connectivity index (χ4v) is 2.73. The van der Waals surface area contributed by atoms with E-state index in [-0.39, 0.29) is 17.9 Å². The second-order valence-electron chi connectivity index (χ2n) is 4.97. The lowest BCUT2D eigenvalue weighted by Gasteiger charge is -2.07. The molecule has 2 heterocycles. The highest BCUT2D eigenvalue weighted by Crippen LogP contribution is 2.21. The van der Waals surface area contributed by atoms with Gasteiger partial charge in [0, 0.05) is 23.8 Å². The zero-order valence-corrected chi connectivity index (χ0v) is 13.4. The summed E-state index contributed by atoms with van der Waals surface area (Å²) in [4.78, 5) is 23.4. The maximum atomic E-state index is 12.0. The number of nitrogens with zero attached hydrogens (tertiary/aromatic N) is 2. The van der Waals surface area contributed by atoms with Crippen molar-refractivity contribution in [2.45, 2.75) is 12.8 Å². The number of nitrogens with one attached hydrogen (secondary N) is 1. The minimum absolute atomic E-state index is 0.151. The summed E-state index contributed by atoms with van der Waals surface area (Å²) in [5, 5.41) is 14.4. The molecule has 2 amide bonds. The molecule has 0 atom stereocenters. The predicted octanol–water partition coefficient (Wildman–Crippen LogP) is 2.47. The van der Waals surface area contributed by atoms with Crippen LogP contribution in [0.5, 0.6) is 0 Å². The first-order valence-electron chi connectivity index (χ1n) is 7.17.